The third-order valence-electron chi connectivity index (χ3n) is 2.95. The molecule has 0 saturated carbocycles. The van der Waals surface area contributed by atoms with Crippen LogP contribution in [0.2, 0.25) is 0 Å². The molecule has 4 nitrogen and oxygen atoms in total. The lowest BCUT2D eigenvalue weighted by Gasteiger charge is -2.10. The number of anilines is 1. The van der Waals surface area contributed by atoms with Crippen LogP contribution in [0.25, 0.3) is 0 Å². The topological polar surface area (TPSA) is 62.2 Å². The fourth-order valence-corrected chi connectivity index (χ4v) is 1.86. The summed E-state index contributed by atoms with van der Waals surface area (Å²) in [5, 5.41) is 11.0. The van der Waals surface area contributed by atoms with Crippen molar-refractivity contribution in [3.63, 3.8) is 0 Å². The van der Waals surface area contributed by atoms with Gasteiger partial charge in [-0.2, -0.15) is 13.2 Å². The molecule has 2 N–H and O–H groups in total. The standard InChI is InChI=1S/C15H12F4N2O2/c16-10-5-4-9(6-7-22)8-12(10)21-14(23)11-2-1-3-13(20-11)15(17,18)19/h1-5,8,22H,6-7H2,(H,21,23). The van der Waals surface area contributed by atoms with Crippen molar-refractivity contribution in [2.45, 2.75) is 12.6 Å². The highest BCUT2D eigenvalue weighted by atomic mass is 19.4. The fraction of sp³-hybridized carbons (Fsp3) is 0.200. The number of aliphatic hydroxyl groups is 1. The summed E-state index contributed by atoms with van der Waals surface area (Å²) in [5.41, 5.74) is -1.31. The third-order valence-corrected chi connectivity index (χ3v) is 2.95. The fourth-order valence-electron chi connectivity index (χ4n) is 1.86. The Kier molecular flexibility index (Phi) is 4.95. The first-order chi connectivity index (χ1) is 10.8. The van der Waals surface area contributed by atoms with Gasteiger partial charge in [-0.05, 0) is 36.2 Å². The molecule has 2 rings (SSSR count). The highest BCUT2D eigenvalue weighted by Crippen LogP contribution is 2.27. The first-order valence-corrected chi connectivity index (χ1v) is 6.56. The van der Waals surface area contributed by atoms with Crippen LogP contribution < -0.4 is 5.32 Å². The van der Waals surface area contributed by atoms with E-state index in [1.54, 1.807) is 0 Å². The second-order valence-electron chi connectivity index (χ2n) is 4.65. The number of hydrogen-bond donors (Lipinski definition) is 2. The average Bonchev–Trinajstić information content (AvgIpc) is 2.50. The van der Waals surface area contributed by atoms with Gasteiger partial charge in [0.1, 0.15) is 17.2 Å². The van der Waals surface area contributed by atoms with Crippen LogP contribution in [0, 0.1) is 5.82 Å². The van der Waals surface area contributed by atoms with Gasteiger partial charge in [-0.3, -0.25) is 4.79 Å². The van der Waals surface area contributed by atoms with Crippen molar-refractivity contribution in [2.75, 3.05) is 11.9 Å². The van der Waals surface area contributed by atoms with Crippen LogP contribution in [-0.4, -0.2) is 22.6 Å². The maximum Gasteiger partial charge on any atom is 0.433 e. The molecule has 1 heterocycles. The lowest BCUT2D eigenvalue weighted by Crippen LogP contribution is -2.17. The number of halogens is 4. The first kappa shape index (κ1) is 16.9. The van der Waals surface area contributed by atoms with E-state index in [0.29, 0.717) is 5.56 Å². The van der Waals surface area contributed by atoms with E-state index >= 15 is 0 Å². The molecule has 1 amide bonds. The van der Waals surface area contributed by atoms with E-state index in [0.717, 1.165) is 24.3 Å². The van der Waals surface area contributed by atoms with Crippen molar-refractivity contribution < 1.29 is 27.5 Å². The zero-order valence-electron chi connectivity index (χ0n) is 11.7. The molecule has 122 valence electrons. The van der Waals surface area contributed by atoms with E-state index in [1.165, 1.54) is 12.1 Å². The molecular weight excluding hydrogens is 316 g/mol. The summed E-state index contributed by atoms with van der Waals surface area (Å²) in [4.78, 5) is 15.2. The van der Waals surface area contributed by atoms with E-state index in [4.69, 9.17) is 5.11 Å². The van der Waals surface area contributed by atoms with Gasteiger partial charge in [-0.25, -0.2) is 9.37 Å². The molecule has 8 heteroatoms. The minimum Gasteiger partial charge on any atom is -0.396 e. The summed E-state index contributed by atoms with van der Waals surface area (Å²) in [6.07, 6.45) is -4.42. The van der Waals surface area contributed by atoms with Crippen LogP contribution in [0.5, 0.6) is 0 Å². The summed E-state index contributed by atoms with van der Waals surface area (Å²) in [5.74, 6) is -1.71. The van der Waals surface area contributed by atoms with Gasteiger partial charge in [0.15, 0.2) is 0 Å². The van der Waals surface area contributed by atoms with Crippen LogP contribution in [0.4, 0.5) is 23.2 Å². The number of pyridine rings is 1. The Labute approximate surface area is 128 Å². The van der Waals surface area contributed by atoms with Crippen molar-refractivity contribution >= 4 is 11.6 Å². The Bertz CT molecular complexity index is 717. The number of aliphatic hydroxyl groups excluding tert-OH is 1. The molecule has 0 spiro atoms. The summed E-state index contributed by atoms with van der Waals surface area (Å²) in [7, 11) is 0. The zero-order chi connectivity index (χ0) is 17.0. The highest BCUT2D eigenvalue weighted by molar-refractivity contribution is 6.03. The Morgan fingerprint density at radius 2 is 1.96 bits per heavy atom. The molecule has 0 aliphatic rings. The molecule has 1 aromatic carbocycles. The highest BCUT2D eigenvalue weighted by Gasteiger charge is 2.32. The SMILES string of the molecule is O=C(Nc1cc(CCO)ccc1F)c1cccc(C(F)(F)F)n1. The Hall–Kier alpha value is -2.48. The quantitative estimate of drug-likeness (QED) is 0.848. The van der Waals surface area contributed by atoms with Gasteiger partial charge in [0.05, 0.1) is 5.69 Å². The number of carbonyl (C=O) groups is 1. The average molecular weight is 328 g/mol. The predicted molar refractivity (Wildman–Crippen MR) is 74.4 cm³/mol. The predicted octanol–water partition coefficient (Wildman–Crippen LogP) is 3.03. The van der Waals surface area contributed by atoms with Gasteiger partial charge < -0.3 is 10.4 Å². The smallest absolute Gasteiger partial charge is 0.396 e. The summed E-state index contributed by atoms with van der Waals surface area (Å²) in [6.45, 7) is -0.159. The maximum atomic E-state index is 13.7. The Balaban J connectivity index is 2.24. The lowest BCUT2D eigenvalue weighted by molar-refractivity contribution is -0.141. The molecular formula is C15H12F4N2O2. The molecule has 2 aromatic rings. The summed E-state index contributed by atoms with van der Waals surface area (Å²) in [6, 6.07) is 6.71. The minimum absolute atomic E-state index is 0.159. The molecule has 1 aromatic heterocycles. The van der Waals surface area contributed by atoms with Gasteiger partial charge in [0.2, 0.25) is 0 Å². The van der Waals surface area contributed by atoms with Crippen molar-refractivity contribution in [1.82, 2.24) is 4.98 Å². The Morgan fingerprint density at radius 3 is 2.61 bits per heavy atom. The molecule has 0 atom stereocenters. The Morgan fingerprint density at radius 1 is 1.22 bits per heavy atom. The number of benzene rings is 1. The number of nitrogens with one attached hydrogen (secondary N) is 1. The van der Waals surface area contributed by atoms with Crippen LogP contribution >= 0.6 is 0 Å². The van der Waals surface area contributed by atoms with Gasteiger partial charge in [-0.15, -0.1) is 0 Å². The number of amides is 1. The van der Waals surface area contributed by atoms with E-state index in [9.17, 15) is 22.4 Å². The largest absolute Gasteiger partial charge is 0.433 e. The third kappa shape index (κ3) is 4.26. The number of alkyl halides is 3. The van der Waals surface area contributed by atoms with Crippen molar-refractivity contribution in [1.29, 1.82) is 0 Å². The van der Waals surface area contributed by atoms with Gasteiger partial charge in [-0.1, -0.05) is 12.1 Å². The molecule has 0 unspecified atom stereocenters. The molecule has 0 fully saturated rings. The van der Waals surface area contributed by atoms with Crippen molar-refractivity contribution in [2.24, 2.45) is 0 Å². The van der Waals surface area contributed by atoms with Gasteiger partial charge >= 0.3 is 6.18 Å². The second kappa shape index (κ2) is 6.74. The summed E-state index contributed by atoms with van der Waals surface area (Å²) < 4.78 is 51.4. The molecule has 0 aliphatic heterocycles. The normalized spacial score (nSPS) is 11.3. The molecule has 0 radical (unpaired) electrons. The summed E-state index contributed by atoms with van der Waals surface area (Å²) >= 11 is 0. The van der Waals surface area contributed by atoms with Crippen LogP contribution in [0.3, 0.4) is 0 Å². The number of nitrogens with zero attached hydrogens (tertiary/aromatic N) is 1. The molecule has 0 saturated heterocycles. The zero-order valence-corrected chi connectivity index (χ0v) is 11.7. The van der Waals surface area contributed by atoms with Crippen molar-refractivity contribution in [3.8, 4) is 0 Å². The first-order valence-electron chi connectivity index (χ1n) is 6.56. The molecule has 0 bridgehead atoms. The van der Waals surface area contributed by atoms with Gasteiger partial charge in [0, 0.05) is 6.61 Å². The van der Waals surface area contributed by atoms with Crippen molar-refractivity contribution in [3.05, 3.63) is 59.2 Å². The lowest BCUT2D eigenvalue weighted by atomic mass is 10.1. The van der Waals surface area contributed by atoms with Crippen LogP contribution in [-0.2, 0) is 12.6 Å². The minimum atomic E-state index is -4.68. The van der Waals surface area contributed by atoms with E-state index in [2.05, 4.69) is 10.3 Å². The van der Waals surface area contributed by atoms with E-state index in [-0.39, 0.29) is 18.7 Å². The molecule has 23 heavy (non-hydrogen) atoms. The van der Waals surface area contributed by atoms with Crippen LogP contribution in [0.1, 0.15) is 21.7 Å². The van der Waals surface area contributed by atoms with Crippen LogP contribution in [0.15, 0.2) is 36.4 Å². The molecule has 0 aliphatic carbocycles. The van der Waals surface area contributed by atoms with E-state index < -0.39 is 29.3 Å². The monoisotopic (exact) mass is 328 g/mol. The van der Waals surface area contributed by atoms with E-state index in [1.807, 2.05) is 0 Å². The number of aromatic nitrogens is 1. The number of hydrogen-bond acceptors (Lipinski definition) is 3. The van der Waals surface area contributed by atoms with Gasteiger partial charge in [0.25, 0.3) is 5.91 Å². The maximum absolute atomic E-state index is 13.7. The number of rotatable bonds is 4. The number of carbonyl (C=O) groups excluding carboxylic acids is 1. The second-order valence-corrected chi connectivity index (χ2v) is 4.65.